The van der Waals surface area contributed by atoms with E-state index in [1.807, 2.05) is 6.92 Å². The van der Waals surface area contributed by atoms with Gasteiger partial charge < -0.3 is 5.73 Å². The van der Waals surface area contributed by atoms with Gasteiger partial charge in [-0.15, -0.1) is 0 Å². The summed E-state index contributed by atoms with van der Waals surface area (Å²) in [5.41, 5.74) is 7.35. The van der Waals surface area contributed by atoms with Crippen LogP contribution in [0.15, 0.2) is 0 Å². The number of aryl methyl sites for hydroxylation is 2. The molecule has 102 valence electrons. The molecule has 1 unspecified atom stereocenters. The normalized spacial score (nSPS) is 12.7. The van der Waals surface area contributed by atoms with Gasteiger partial charge in [-0.1, -0.05) is 26.7 Å². The lowest BCUT2D eigenvalue weighted by Crippen LogP contribution is -2.24. The van der Waals surface area contributed by atoms with E-state index in [1.165, 1.54) is 0 Å². The molecule has 2 N–H and O–H groups in total. The monoisotopic (exact) mass is 254 g/mol. The lowest BCUT2D eigenvalue weighted by atomic mass is 10.1. The molecular formula is C12H22N4O2. The van der Waals surface area contributed by atoms with E-state index in [0.717, 1.165) is 19.3 Å². The summed E-state index contributed by atoms with van der Waals surface area (Å²) < 4.78 is 1.61. The predicted octanol–water partition coefficient (Wildman–Crippen LogP) is 1.95. The fourth-order valence-corrected chi connectivity index (χ4v) is 2.17. The summed E-state index contributed by atoms with van der Waals surface area (Å²) in [4.78, 5) is 10.9. The summed E-state index contributed by atoms with van der Waals surface area (Å²) >= 11 is 0. The lowest BCUT2D eigenvalue weighted by Gasteiger charge is -2.09. The summed E-state index contributed by atoms with van der Waals surface area (Å²) in [5, 5.41) is 15.4. The van der Waals surface area contributed by atoms with Crippen molar-refractivity contribution < 1.29 is 4.92 Å². The first kappa shape index (κ1) is 14.6. The zero-order chi connectivity index (χ0) is 13.7. The van der Waals surface area contributed by atoms with Gasteiger partial charge in [0.15, 0.2) is 0 Å². The standard InChI is InChI=1S/C12H22N4O2/c1-4-6-9(13)8-11-12(16(17)18)10(7-5-2)14-15(11)3/h9H,4-8,13H2,1-3H3. The molecule has 0 spiro atoms. The highest BCUT2D eigenvalue weighted by molar-refractivity contribution is 5.41. The second-order valence-corrected chi connectivity index (χ2v) is 4.63. The minimum atomic E-state index is -0.327. The third-order valence-electron chi connectivity index (χ3n) is 2.99. The largest absolute Gasteiger partial charge is 0.327 e. The Morgan fingerprint density at radius 3 is 2.61 bits per heavy atom. The highest BCUT2D eigenvalue weighted by Gasteiger charge is 2.26. The van der Waals surface area contributed by atoms with E-state index in [9.17, 15) is 10.1 Å². The third-order valence-corrected chi connectivity index (χ3v) is 2.99. The predicted molar refractivity (Wildman–Crippen MR) is 70.4 cm³/mol. The van der Waals surface area contributed by atoms with Crippen molar-refractivity contribution in [3.8, 4) is 0 Å². The first-order chi connectivity index (χ1) is 8.51. The Morgan fingerprint density at radius 2 is 2.11 bits per heavy atom. The topological polar surface area (TPSA) is 87.0 Å². The molecule has 1 aromatic rings. The molecule has 0 aliphatic carbocycles. The van der Waals surface area contributed by atoms with Gasteiger partial charge in [0.2, 0.25) is 0 Å². The Morgan fingerprint density at radius 1 is 1.44 bits per heavy atom. The fraction of sp³-hybridized carbons (Fsp3) is 0.750. The van der Waals surface area contributed by atoms with Crippen LogP contribution < -0.4 is 5.73 Å². The molecule has 0 radical (unpaired) electrons. The van der Waals surface area contributed by atoms with Crippen LogP contribution >= 0.6 is 0 Å². The van der Waals surface area contributed by atoms with Crippen molar-refractivity contribution >= 4 is 5.69 Å². The van der Waals surface area contributed by atoms with E-state index in [-0.39, 0.29) is 16.7 Å². The SMILES string of the molecule is CCCc1nn(C)c(CC(N)CCC)c1[N+](=O)[O-]. The maximum Gasteiger partial charge on any atom is 0.313 e. The zero-order valence-electron chi connectivity index (χ0n) is 11.3. The van der Waals surface area contributed by atoms with Gasteiger partial charge in [-0.2, -0.15) is 5.10 Å². The second-order valence-electron chi connectivity index (χ2n) is 4.63. The van der Waals surface area contributed by atoms with Gasteiger partial charge in [0.25, 0.3) is 0 Å². The maximum atomic E-state index is 11.2. The fourth-order valence-electron chi connectivity index (χ4n) is 2.17. The number of aromatic nitrogens is 2. The molecule has 1 aromatic heterocycles. The average Bonchev–Trinajstić information content (AvgIpc) is 2.56. The molecule has 0 saturated heterocycles. The van der Waals surface area contributed by atoms with Gasteiger partial charge in [-0.25, -0.2) is 0 Å². The summed E-state index contributed by atoms with van der Waals surface area (Å²) in [5.74, 6) is 0. The lowest BCUT2D eigenvalue weighted by molar-refractivity contribution is -0.386. The van der Waals surface area contributed by atoms with Crippen molar-refractivity contribution in [2.24, 2.45) is 12.8 Å². The molecule has 0 fully saturated rings. The first-order valence-electron chi connectivity index (χ1n) is 6.45. The molecule has 6 nitrogen and oxygen atoms in total. The number of hydrogen-bond donors (Lipinski definition) is 1. The minimum Gasteiger partial charge on any atom is -0.327 e. The van der Waals surface area contributed by atoms with Gasteiger partial charge in [-0.3, -0.25) is 14.8 Å². The summed E-state index contributed by atoms with van der Waals surface area (Å²) in [7, 11) is 1.75. The number of hydrogen-bond acceptors (Lipinski definition) is 4. The molecule has 0 amide bonds. The minimum absolute atomic E-state index is 0.0430. The number of nitrogens with zero attached hydrogens (tertiary/aromatic N) is 3. The molecule has 1 rings (SSSR count). The van der Waals surface area contributed by atoms with Crippen molar-refractivity contribution in [3.05, 3.63) is 21.5 Å². The Bertz CT molecular complexity index is 414. The van der Waals surface area contributed by atoms with Crippen molar-refractivity contribution in [2.45, 2.75) is 52.0 Å². The maximum absolute atomic E-state index is 11.2. The highest BCUT2D eigenvalue weighted by atomic mass is 16.6. The molecule has 0 aliphatic heterocycles. The van der Waals surface area contributed by atoms with E-state index >= 15 is 0 Å². The smallest absolute Gasteiger partial charge is 0.313 e. The number of nitro groups is 1. The van der Waals surface area contributed by atoms with Gasteiger partial charge in [0, 0.05) is 19.5 Å². The molecule has 0 aliphatic rings. The second kappa shape index (κ2) is 6.49. The van der Waals surface area contributed by atoms with Crippen LogP contribution in [0.2, 0.25) is 0 Å². The molecule has 18 heavy (non-hydrogen) atoms. The van der Waals surface area contributed by atoms with Gasteiger partial charge >= 0.3 is 5.69 Å². The molecule has 1 atom stereocenters. The van der Waals surface area contributed by atoms with Crippen LogP contribution in [0.1, 0.15) is 44.5 Å². The van der Waals surface area contributed by atoms with Crippen LogP contribution in [0.5, 0.6) is 0 Å². The molecular weight excluding hydrogens is 232 g/mol. The summed E-state index contributed by atoms with van der Waals surface area (Å²) in [6.45, 7) is 4.04. The van der Waals surface area contributed by atoms with Crippen LogP contribution in [0.3, 0.4) is 0 Å². The molecule has 1 heterocycles. The third kappa shape index (κ3) is 3.29. The van der Waals surface area contributed by atoms with Crippen LogP contribution in [-0.4, -0.2) is 20.7 Å². The Labute approximate surface area is 107 Å². The Kier molecular flexibility index (Phi) is 5.27. The van der Waals surface area contributed by atoms with Crippen molar-refractivity contribution in [2.75, 3.05) is 0 Å². The Balaban J connectivity index is 3.05. The van der Waals surface area contributed by atoms with Crippen LogP contribution in [0.25, 0.3) is 0 Å². The van der Waals surface area contributed by atoms with Gasteiger partial charge in [0.1, 0.15) is 11.4 Å². The first-order valence-corrected chi connectivity index (χ1v) is 6.45. The quantitative estimate of drug-likeness (QED) is 0.595. The molecule has 0 saturated carbocycles. The molecule has 0 bridgehead atoms. The number of nitrogens with two attached hydrogens (primary N) is 1. The number of rotatable bonds is 7. The molecule has 0 aromatic carbocycles. The highest BCUT2D eigenvalue weighted by Crippen LogP contribution is 2.25. The summed E-state index contributed by atoms with van der Waals surface area (Å²) in [6, 6.07) is -0.0430. The van der Waals surface area contributed by atoms with E-state index in [0.29, 0.717) is 24.2 Å². The average molecular weight is 254 g/mol. The molecule has 6 heteroatoms. The summed E-state index contributed by atoms with van der Waals surface area (Å²) in [6.07, 6.45) is 3.84. The van der Waals surface area contributed by atoms with E-state index < -0.39 is 0 Å². The van der Waals surface area contributed by atoms with Gasteiger partial charge in [-0.05, 0) is 12.8 Å². The Hall–Kier alpha value is -1.43. The van der Waals surface area contributed by atoms with Crippen molar-refractivity contribution in [1.29, 1.82) is 0 Å². The van der Waals surface area contributed by atoms with Crippen LogP contribution in [0, 0.1) is 10.1 Å². The van der Waals surface area contributed by atoms with Gasteiger partial charge in [0.05, 0.1) is 4.92 Å². The van der Waals surface area contributed by atoms with E-state index in [4.69, 9.17) is 5.73 Å². The zero-order valence-corrected chi connectivity index (χ0v) is 11.3. The van der Waals surface area contributed by atoms with E-state index in [2.05, 4.69) is 12.0 Å². The van der Waals surface area contributed by atoms with E-state index in [1.54, 1.807) is 11.7 Å². The van der Waals surface area contributed by atoms with Crippen molar-refractivity contribution in [3.63, 3.8) is 0 Å². The van der Waals surface area contributed by atoms with Crippen LogP contribution in [-0.2, 0) is 19.9 Å². The van der Waals surface area contributed by atoms with Crippen LogP contribution in [0.4, 0.5) is 5.69 Å². The van der Waals surface area contributed by atoms with Crippen molar-refractivity contribution in [1.82, 2.24) is 9.78 Å².